The lowest BCUT2D eigenvalue weighted by molar-refractivity contribution is -0.121. The highest BCUT2D eigenvalue weighted by atomic mass is 16.2. The highest BCUT2D eigenvalue weighted by Gasteiger charge is 2.34. The molecule has 1 unspecified atom stereocenters. The number of carbonyl (C=O) groups excluding carboxylic acids is 2. The van der Waals surface area contributed by atoms with Crippen molar-refractivity contribution < 1.29 is 9.59 Å². The Morgan fingerprint density at radius 3 is 2.43 bits per heavy atom. The highest BCUT2D eigenvalue weighted by molar-refractivity contribution is 6.11. The Labute approximate surface area is 126 Å². The molecule has 0 spiro atoms. The Bertz CT molecular complexity index is 537. The van der Waals surface area contributed by atoms with Crippen LogP contribution in [0.4, 0.5) is 5.69 Å². The highest BCUT2D eigenvalue weighted by Crippen LogP contribution is 2.26. The molecule has 114 valence electrons. The van der Waals surface area contributed by atoms with Crippen molar-refractivity contribution in [1.29, 1.82) is 0 Å². The number of fused-ring (bicyclic) bond motifs is 1. The number of anilines is 1. The molecule has 0 saturated heterocycles. The molecule has 0 saturated carbocycles. The summed E-state index contributed by atoms with van der Waals surface area (Å²) in [4.78, 5) is 27.0. The molecular formula is C17H24N2O2. The molecule has 0 aliphatic carbocycles. The molecule has 0 fully saturated rings. The van der Waals surface area contributed by atoms with E-state index < -0.39 is 6.04 Å². The SMILES string of the molecule is CC(C)CCN1C(=O)C(C(C)C)NC(=O)c2ccccc21. The maximum Gasteiger partial charge on any atom is 0.254 e. The number of carbonyl (C=O) groups is 2. The topological polar surface area (TPSA) is 49.4 Å². The van der Waals surface area contributed by atoms with Crippen LogP contribution in [0.25, 0.3) is 0 Å². The van der Waals surface area contributed by atoms with E-state index in [0.29, 0.717) is 18.0 Å². The molecule has 1 heterocycles. The van der Waals surface area contributed by atoms with Crippen molar-refractivity contribution in [3.05, 3.63) is 29.8 Å². The minimum absolute atomic E-state index is 0.0102. The molecule has 1 N–H and O–H groups in total. The summed E-state index contributed by atoms with van der Waals surface area (Å²) >= 11 is 0. The first-order chi connectivity index (χ1) is 9.91. The van der Waals surface area contributed by atoms with Gasteiger partial charge in [-0.2, -0.15) is 0 Å². The van der Waals surface area contributed by atoms with E-state index in [9.17, 15) is 9.59 Å². The Morgan fingerprint density at radius 2 is 1.81 bits per heavy atom. The van der Waals surface area contributed by atoms with Crippen LogP contribution in [-0.2, 0) is 4.79 Å². The molecule has 21 heavy (non-hydrogen) atoms. The number of hydrogen-bond acceptors (Lipinski definition) is 2. The monoisotopic (exact) mass is 288 g/mol. The van der Waals surface area contributed by atoms with Crippen LogP contribution in [0.15, 0.2) is 24.3 Å². The molecule has 4 heteroatoms. The summed E-state index contributed by atoms with van der Waals surface area (Å²) in [6, 6.07) is 6.88. The van der Waals surface area contributed by atoms with E-state index in [1.54, 1.807) is 11.0 Å². The fourth-order valence-corrected chi connectivity index (χ4v) is 2.54. The van der Waals surface area contributed by atoms with Crippen molar-refractivity contribution in [3.63, 3.8) is 0 Å². The van der Waals surface area contributed by atoms with E-state index >= 15 is 0 Å². The van der Waals surface area contributed by atoms with Gasteiger partial charge in [-0.15, -0.1) is 0 Å². The van der Waals surface area contributed by atoms with Gasteiger partial charge in [0.2, 0.25) is 5.91 Å². The molecule has 0 bridgehead atoms. The zero-order valence-electron chi connectivity index (χ0n) is 13.2. The fraction of sp³-hybridized carbons (Fsp3) is 0.529. The van der Waals surface area contributed by atoms with Gasteiger partial charge in [-0.05, 0) is 30.4 Å². The van der Waals surface area contributed by atoms with Crippen molar-refractivity contribution >= 4 is 17.5 Å². The van der Waals surface area contributed by atoms with Gasteiger partial charge in [0, 0.05) is 6.54 Å². The Hall–Kier alpha value is -1.84. The van der Waals surface area contributed by atoms with Crippen LogP contribution >= 0.6 is 0 Å². The third-order valence-corrected chi connectivity index (χ3v) is 3.85. The molecule has 1 atom stereocenters. The van der Waals surface area contributed by atoms with Crippen LogP contribution in [0.5, 0.6) is 0 Å². The molecule has 1 aromatic carbocycles. The third kappa shape index (κ3) is 3.26. The number of hydrogen-bond donors (Lipinski definition) is 1. The van der Waals surface area contributed by atoms with Gasteiger partial charge in [0.1, 0.15) is 6.04 Å². The molecule has 1 aliphatic heterocycles. The molecule has 1 aromatic rings. The number of rotatable bonds is 4. The van der Waals surface area contributed by atoms with Gasteiger partial charge in [-0.1, -0.05) is 39.8 Å². The van der Waals surface area contributed by atoms with Crippen molar-refractivity contribution in [1.82, 2.24) is 5.32 Å². The average molecular weight is 288 g/mol. The number of nitrogens with one attached hydrogen (secondary N) is 1. The zero-order chi connectivity index (χ0) is 15.6. The predicted octanol–water partition coefficient (Wildman–Crippen LogP) is 2.83. The Kier molecular flexibility index (Phi) is 4.66. The van der Waals surface area contributed by atoms with Gasteiger partial charge in [-0.3, -0.25) is 9.59 Å². The van der Waals surface area contributed by atoms with E-state index in [0.717, 1.165) is 12.1 Å². The summed E-state index contributed by atoms with van der Waals surface area (Å²) in [7, 11) is 0. The summed E-state index contributed by atoms with van der Waals surface area (Å²) in [6.07, 6.45) is 0.916. The molecule has 2 amide bonds. The first kappa shape index (κ1) is 15.5. The number of benzene rings is 1. The quantitative estimate of drug-likeness (QED) is 0.926. The number of para-hydroxylation sites is 1. The van der Waals surface area contributed by atoms with E-state index in [1.807, 2.05) is 32.0 Å². The van der Waals surface area contributed by atoms with Gasteiger partial charge in [-0.25, -0.2) is 0 Å². The summed E-state index contributed by atoms with van der Waals surface area (Å²) in [5.41, 5.74) is 1.31. The molecule has 2 rings (SSSR count). The number of nitrogens with zero attached hydrogens (tertiary/aromatic N) is 1. The fourth-order valence-electron chi connectivity index (χ4n) is 2.54. The first-order valence-electron chi connectivity index (χ1n) is 7.63. The van der Waals surface area contributed by atoms with Crippen LogP contribution in [0.1, 0.15) is 44.5 Å². The second-order valence-corrected chi connectivity index (χ2v) is 6.38. The predicted molar refractivity (Wildman–Crippen MR) is 84.3 cm³/mol. The van der Waals surface area contributed by atoms with E-state index in [2.05, 4.69) is 19.2 Å². The van der Waals surface area contributed by atoms with Crippen LogP contribution in [0.3, 0.4) is 0 Å². The lowest BCUT2D eigenvalue weighted by Crippen LogP contribution is -2.49. The second kappa shape index (κ2) is 6.29. The standard InChI is InChI=1S/C17H24N2O2/c1-11(2)9-10-19-14-8-6-5-7-13(14)16(20)18-15(12(3)4)17(19)21/h5-8,11-12,15H,9-10H2,1-4H3,(H,18,20). The van der Waals surface area contributed by atoms with Crippen molar-refractivity contribution in [2.24, 2.45) is 11.8 Å². The van der Waals surface area contributed by atoms with Gasteiger partial charge < -0.3 is 10.2 Å². The van der Waals surface area contributed by atoms with Gasteiger partial charge in [0.05, 0.1) is 11.3 Å². The first-order valence-corrected chi connectivity index (χ1v) is 7.63. The smallest absolute Gasteiger partial charge is 0.254 e. The average Bonchev–Trinajstić information content (AvgIpc) is 2.53. The van der Waals surface area contributed by atoms with Crippen molar-refractivity contribution in [3.8, 4) is 0 Å². The van der Waals surface area contributed by atoms with Gasteiger partial charge >= 0.3 is 0 Å². The minimum Gasteiger partial charge on any atom is -0.340 e. The summed E-state index contributed by atoms with van der Waals surface area (Å²) in [5, 5.41) is 2.87. The summed E-state index contributed by atoms with van der Waals surface area (Å²) < 4.78 is 0. The van der Waals surface area contributed by atoms with Crippen LogP contribution < -0.4 is 10.2 Å². The van der Waals surface area contributed by atoms with E-state index in [-0.39, 0.29) is 17.7 Å². The normalized spacial score (nSPS) is 18.8. The van der Waals surface area contributed by atoms with E-state index in [4.69, 9.17) is 0 Å². The lowest BCUT2D eigenvalue weighted by atomic mass is 10.0. The molecule has 0 radical (unpaired) electrons. The molecular weight excluding hydrogens is 264 g/mol. The second-order valence-electron chi connectivity index (χ2n) is 6.38. The van der Waals surface area contributed by atoms with Crippen molar-refractivity contribution in [2.75, 3.05) is 11.4 Å². The van der Waals surface area contributed by atoms with Crippen LogP contribution in [0.2, 0.25) is 0 Å². The summed E-state index contributed by atoms with van der Waals surface area (Å²) in [5.74, 6) is 0.403. The minimum atomic E-state index is -0.461. The Balaban J connectivity index is 2.42. The van der Waals surface area contributed by atoms with Crippen LogP contribution in [0, 0.1) is 11.8 Å². The van der Waals surface area contributed by atoms with Crippen molar-refractivity contribution in [2.45, 2.75) is 40.2 Å². The van der Waals surface area contributed by atoms with Gasteiger partial charge in [0.25, 0.3) is 5.91 Å². The lowest BCUT2D eigenvalue weighted by Gasteiger charge is -2.27. The zero-order valence-corrected chi connectivity index (χ0v) is 13.2. The third-order valence-electron chi connectivity index (χ3n) is 3.85. The Morgan fingerprint density at radius 1 is 1.14 bits per heavy atom. The number of amides is 2. The van der Waals surface area contributed by atoms with Crippen LogP contribution in [-0.4, -0.2) is 24.4 Å². The largest absolute Gasteiger partial charge is 0.340 e. The molecule has 1 aliphatic rings. The van der Waals surface area contributed by atoms with Gasteiger partial charge in [0.15, 0.2) is 0 Å². The molecule has 0 aromatic heterocycles. The maximum atomic E-state index is 12.8. The molecule has 4 nitrogen and oxygen atoms in total. The van der Waals surface area contributed by atoms with E-state index in [1.165, 1.54) is 0 Å². The summed E-state index contributed by atoms with van der Waals surface area (Å²) in [6.45, 7) is 8.83. The maximum absolute atomic E-state index is 12.8.